The van der Waals surface area contributed by atoms with E-state index >= 15 is 0 Å². The Morgan fingerprint density at radius 3 is 2.08 bits per heavy atom. The van der Waals surface area contributed by atoms with Gasteiger partial charge in [-0.1, -0.05) is 23.7 Å². The summed E-state index contributed by atoms with van der Waals surface area (Å²) in [5, 5.41) is 10.2. The number of nitrogens with zero attached hydrogens (tertiary/aromatic N) is 2. The van der Waals surface area contributed by atoms with Crippen LogP contribution in [0.4, 0.5) is 0 Å². The summed E-state index contributed by atoms with van der Waals surface area (Å²) in [6, 6.07) is 18.4. The van der Waals surface area contributed by atoms with Crippen molar-refractivity contribution < 1.29 is 5.11 Å². The molecule has 0 aliphatic carbocycles. The van der Waals surface area contributed by atoms with Crippen LogP contribution in [0.25, 0.3) is 33.9 Å². The molecule has 0 radical (unpaired) electrons. The van der Waals surface area contributed by atoms with Crippen molar-refractivity contribution in [3.63, 3.8) is 0 Å². The molecule has 0 unspecified atom stereocenters. The summed E-state index contributed by atoms with van der Waals surface area (Å²) in [7, 11) is 0. The maximum absolute atomic E-state index is 9.50. The van der Waals surface area contributed by atoms with E-state index in [9.17, 15) is 5.11 Å². The summed E-state index contributed by atoms with van der Waals surface area (Å²) in [6.07, 6.45) is 3.49. The van der Waals surface area contributed by atoms with Crippen LogP contribution in [0.3, 0.4) is 0 Å². The minimum atomic E-state index is 0.225. The number of phenols is 1. The Bertz CT molecular complexity index is 994. The Kier molecular flexibility index (Phi) is 3.96. The maximum atomic E-state index is 9.50. The van der Waals surface area contributed by atoms with Gasteiger partial charge < -0.3 is 10.1 Å². The number of pyridine rings is 1. The quantitative estimate of drug-likeness (QED) is 0.537. The lowest BCUT2D eigenvalue weighted by molar-refractivity contribution is 0.475. The molecule has 5 heteroatoms. The molecule has 4 aromatic rings. The molecule has 2 aromatic heterocycles. The highest BCUT2D eigenvalue weighted by Crippen LogP contribution is 2.33. The number of aromatic nitrogens is 3. The van der Waals surface area contributed by atoms with E-state index < -0.39 is 0 Å². The first-order chi connectivity index (χ1) is 12.2. The Morgan fingerprint density at radius 1 is 0.760 bits per heavy atom. The van der Waals surface area contributed by atoms with Gasteiger partial charge in [0.25, 0.3) is 0 Å². The molecule has 0 aliphatic rings. The van der Waals surface area contributed by atoms with Crippen molar-refractivity contribution in [1.29, 1.82) is 0 Å². The van der Waals surface area contributed by atoms with Crippen molar-refractivity contribution in [2.75, 3.05) is 0 Å². The van der Waals surface area contributed by atoms with E-state index in [0.717, 1.165) is 33.9 Å². The van der Waals surface area contributed by atoms with Crippen LogP contribution in [-0.2, 0) is 0 Å². The Hall–Kier alpha value is -3.11. The van der Waals surface area contributed by atoms with Gasteiger partial charge in [0.15, 0.2) is 0 Å². The fourth-order valence-corrected chi connectivity index (χ4v) is 2.80. The second kappa shape index (κ2) is 6.42. The van der Waals surface area contributed by atoms with Crippen LogP contribution in [-0.4, -0.2) is 20.1 Å². The summed E-state index contributed by atoms with van der Waals surface area (Å²) in [5.74, 6) is 0.958. The van der Waals surface area contributed by atoms with Crippen molar-refractivity contribution in [3.05, 3.63) is 78.1 Å². The molecule has 0 spiro atoms. The van der Waals surface area contributed by atoms with Crippen LogP contribution >= 0.6 is 11.6 Å². The molecule has 2 N–H and O–H groups in total. The number of aromatic amines is 1. The molecule has 2 heterocycles. The summed E-state index contributed by atoms with van der Waals surface area (Å²) in [5.41, 5.74) is 4.61. The van der Waals surface area contributed by atoms with Crippen LogP contribution in [0.15, 0.2) is 73.1 Å². The lowest BCUT2D eigenvalue weighted by Crippen LogP contribution is -1.84. The summed E-state index contributed by atoms with van der Waals surface area (Å²) < 4.78 is 0. The largest absolute Gasteiger partial charge is 0.508 e. The number of rotatable bonds is 3. The highest BCUT2D eigenvalue weighted by Gasteiger charge is 2.15. The van der Waals surface area contributed by atoms with Crippen molar-refractivity contribution in [2.45, 2.75) is 0 Å². The highest BCUT2D eigenvalue weighted by atomic mass is 35.5. The third-order valence-electron chi connectivity index (χ3n) is 3.93. The van der Waals surface area contributed by atoms with Gasteiger partial charge in [0.2, 0.25) is 0 Å². The first kappa shape index (κ1) is 15.4. The number of aromatic hydroxyl groups is 1. The SMILES string of the molecule is Oc1ccc(-c2nc(-c3ccncc3)c(-c3ccc(Cl)cc3)[nH]2)cc1. The smallest absolute Gasteiger partial charge is 0.138 e. The van der Waals surface area contributed by atoms with Gasteiger partial charge in [0.1, 0.15) is 11.6 Å². The molecular formula is C20H14ClN3O. The lowest BCUT2D eigenvalue weighted by atomic mass is 10.1. The van der Waals surface area contributed by atoms with E-state index in [1.54, 1.807) is 24.5 Å². The van der Waals surface area contributed by atoms with Gasteiger partial charge in [-0.2, -0.15) is 0 Å². The first-order valence-corrected chi connectivity index (χ1v) is 8.14. The van der Waals surface area contributed by atoms with Gasteiger partial charge in [0, 0.05) is 34.1 Å². The number of benzene rings is 2. The second-order valence-electron chi connectivity index (χ2n) is 5.60. The molecule has 0 saturated heterocycles. The molecule has 0 aliphatic heterocycles. The third kappa shape index (κ3) is 3.12. The number of halogens is 1. The zero-order valence-electron chi connectivity index (χ0n) is 13.1. The van der Waals surface area contributed by atoms with Gasteiger partial charge in [-0.15, -0.1) is 0 Å². The number of nitrogens with one attached hydrogen (secondary N) is 1. The van der Waals surface area contributed by atoms with E-state index in [-0.39, 0.29) is 5.75 Å². The van der Waals surface area contributed by atoms with Crippen molar-refractivity contribution in [1.82, 2.24) is 15.0 Å². The number of phenolic OH excluding ortho intramolecular Hbond substituents is 1. The molecule has 2 aromatic carbocycles. The van der Waals surface area contributed by atoms with E-state index in [1.807, 2.05) is 48.5 Å². The lowest BCUT2D eigenvalue weighted by Gasteiger charge is -2.03. The van der Waals surface area contributed by atoms with Crippen LogP contribution in [0, 0.1) is 0 Å². The van der Waals surface area contributed by atoms with Crippen molar-refractivity contribution >= 4 is 11.6 Å². The number of imidazole rings is 1. The van der Waals surface area contributed by atoms with Gasteiger partial charge in [-0.25, -0.2) is 4.98 Å². The molecule has 0 bridgehead atoms. The standard InChI is InChI=1S/C20H14ClN3O/c21-16-5-1-13(2-6-16)18-19(14-9-11-22-12-10-14)24-20(23-18)15-3-7-17(25)8-4-15/h1-12,25H,(H,23,24). The van der Waals surface area contributed by atoms with Crippen molar-refractivity contribution in [3.8, 4) is 39.7 Å². The average Bonchev–Trinajstić information content (AvgIpc) is 3.09. The molecule has 4 rings (SSSR count). The Balaban J connectivity index is 1.89. The van der Waals surface area contributed by atoms with E-state index in [1.165, 1.54) is 0 Å². The molecule has 4 nitrogen and oxygen atoms in total. The van der Waals surface area contributed by atoms with E-state index in [2.05, 4.69) is 9.97 Å². The van der Waals surface area contributed by atoms with Crippen LogP contribution in [0.5, 0.6) is 5.75 Å². The average molecular weight is 348 g/mol. The summed E-state index contributed by atoms with van der Waals surface area (Å²) in [4.78, 5) is 12.3. The number of hydrogen-bond donors (Lipinski definition) is 2. The van der Waals surface area contributed by atoms with E-state index in [4.69, 9.17) is 16.6 Å². The minimum Gasteiger partial charge on any atom is -0.508 e. The minimum absolute atomic E-state index is 0.225. The van der Waals surface area contributed by atoms with Crippen molar-refractivity contribution in [2.24, 2.45) is 0 Å². The predicted octanol–water partition coefficient (Wildman–Crippen LogP) is 5.16. The highest BCUT2D eigenvalue weighted by molar-refractivity contribution is 6.30. The van der Waals surface area contributed by atoms with Crippen LogP contribution in [0.1, 0.15) is 0 Å². The molecule has 0 atom stereocenters. The molecule has 25 heavy (non-hydrogen) atoms. The maximum Gasteiger partial charge on any atom is 0.138 e. The normalized spacial score (nSPS) is 10.8. The van der Waals surface area contributed by atoms with Crippen LogP contribution < -0.4 is 0 Å². The molecule has 0 amide bonds. The zero-order valence-corrected chi connectivity index (χ0v) is 13.9. The van der Waals surface area contributed by atoms with Crippen LogP contribution in [0.2, 0.25) is 5.02 Å². The fourth-order valence-electron chi connectivity index (χ4n) is 2.67. The summed E-state index contributed by atoms with van der Waals surface area (Å²) >= 11 is 6.01. The Labute approximate surface area is 149 Å². The van der Waals surface area contributed by atoms with Gasteiger partial charge in [-0.05, 0) is 48.5 Å². The predicted molar refractivity (Wildman–Crippen MR) is 99.4 cm³/mol. The van der Waals surface area contributed by atoms with E-state index in [0.29, 0.717) is 5.02 Å². The first-order valence-electron chi connectivity index (χ1n) is 7.76. The number of hydrogen-bond acceptors (Lipinski definition) is 3. The molecule has 0 fully saturated rings. The number of H-pyrrole nitrogens is 1. The van der Waals surface area contributed by atoms with Gasteiger partial charge in [0.05, 0.1) is 11.4 Å². The topological polar surface area (TPSA) is 61.8 Å². The van der Waals surface area contributed by atoms with Gasteiger partial charge >= 0.3 is 0 Å². The molecular weight excluding hydrogens is 334 g/mol. The monoisotopic (exact) mass is 347 g/mol. The second-order valence-corrected chi connectivity index (χ2v) is 6.04. The molecule has 122 valence electrons. The fraction of sp³-hybridized carbons (Fsp3) is 0. The molecule has 0 saturated carbocycles. The summed E-state index contributed by atoms with van der Waals surface area (Å²) in [6.45, 7) is 0. The van der Waals surface area contributed by atoms with Gasteiger partial charge in [-0.3, -0.25) is 4.98 Å². The zero-order chi connectivity index (χ0) is 17.2. The third-order valence-corrected chi connectivity index (χ3v) is 4.18. The Morgan fingerprint density at radius 2 is 1.40 bits per heavy atom.